The van der Waals surface area contributed by atoms with Crippen LogP contribution in [-0.4, -0.2) is 53.8 Å². The highest BCUT2D eigenvalue weighted by Gasteiger charge is 2.22. The molecule has 0 unspecified atom stereocenters. The maximum absolute atomic E-state index is 12.5. The number of nitrogens with zero attached hydrogens (tertiary/aromatic N) is 2. The Morgan fingerprint density at radius 2 is 1.70 bits per heavy atom. The van der Waals surface area contributed by atoms with Crippen molar-refractivity contribution in [2.75, 3.05) is 38.1 Å². The molecule has 3 nitrogen and oxygen atoms in total. The average molecular weight is 345 g/mol. The van der Waals surface area contributed by atoms with Gasteiger partial charge in [0.05, 0.1) is 0 Å². The van der Waals surface area contributed by atoms with Gasteiger partial charge in [-0.25, -0.2) is 0 Å². The molecule has 1 amide bonds. The first-order valence-corrected chi connectivity index (χ1v) is 9.48. The molecular weight excluding hydrogens is 316 g/mol. The maximum atomic E-state index is 12.5. The molecule has 2 fully saturated rings. The molecule has 0 radical (unpaired) electrons. The minimum atomic E-state index is 0.414. The zero-order valence-corrected chi connectivity index (χ0v) is 14.2. The second-order valence-corrected chi connectivity index (χ2v) is 7.12. The van der Waals surface area contributed by atoms with E-state index in [4.69, 9.17) is 0 Å². The number of hydrogen-bond acceptors (Lipinski definition) is 2. The lowest BCUT2D eigenvalue weighted by Crippen LogP contribution is -2.36. The van der Waals surface area contributed by atoms with E-state index in [2.05, 4.69) is 25.7 Å². The van der Waals surface area contributed by atoms with Crippen molar-refractivity contribution in [2.45, 2.75) is 51.4 Å². The van der Waals surface area contributed by atoms with Gasteiger partial charge < -0.3 is 9.80 Å². The van der Waals surface area contributed by atoms with Crippen molar-refractivity contribution >= 4 is 21.8 Å². The van der Waals surface area contributed by atoms with E-state index in [-0.39, 0.29) is 0 Å². The van der Waals surface area contributed by atoms with Gasteiger partial charge in [-0.2, -0.15) is 0 Å². The molecule has 4 heteroatoms. The normalized spacial score (nSPS) is 23.4. The molecule has 2 rings (SSSR count). The summed E-state index contributed by atoms with van der Waals surface area (Å²) in [7, 11) is 0. The van der Waals surface area contributed by atoms with Gasteiger partial charge >= 0.3 is 0 Å². The quantitative estimate of drug-likeness (QED) is 0.577. The van der Waals surface area contributed by atoms with Crippen LogP contribution in [0.2, 0.25) is 0 Å². The van der Waals surface area contributed by atoms with Crippen molar-refractivity contribution in [3.63, 3.8) is 0 Å². The molecule has 1 saturated carbocycles. The molecular formula is C16H29BrN2O. The summed E-state index contributed by atoms with van der Waals surface area (Å²) in [5.74, 6) is 1.07. The van der Waals surface area contributed by atoms with Crippen molar-refractivity contribution in [2.24, 2.45) is 5.92 Å². The SMILES string of the molecule is O=C(CC1CCCCCC1)N1CCCN(CCBr)CC1. The van der Waals surface area contributed by atoms with Gasteiger partial charge in [-0.15, -0.1) is 0 Å². The van der Waals surface area contributed by atoms with E-state index in [9.17, 15) is 4.79 Å². The highest BCUT2D eigenvalue weighted by molar-refractivity contribution is 9.09. The zero-order chi connectivity index (χ0) is 14.2. The molecule has 2 aliphatic rings. The predicted molar refractivity (Wildman–Crippen MR) is 87.2 cm³/mol. The molecule has 1 heterocycles. The molecule has 0 spiro atoms. The van der Waals surface area contributed by atoms with Crippen LogP contribution < -0.4 is 0 Å². The second-order valence-electron chi connectivity index (χ2n) is 6.33. The lowest BCUT2D eigenvalue weighted by molar-refractivity contribution is -0.132. The second kappa shape index (κ2) is 9.04. The van der Waals surface area contributed by atoms with E-state index in [1.165, 1.54) is 38.5 Å². The topological polar surface area (TPSA) is 23.6 Å². The summed E-state index contributed by atoms with van der Waals surface area (Å²) in [4.78, 5) is 17.1. The predicted octanol–water partition coefficient (Wildman–Crippen LogP) is 3.28. The first-order valence-electron chi connectivity index (χ1n) is 8.35. The lowest BCUT2D eigenvalue weighted by Gasteiger charge is -2.23. The molecule has 1 aliphatic heterocycles. The van der Waals surface area contributed by atoms with E-state index in [0.29, 0.717) is 11.8 Å². The highest BCUT2D eigenvalue weighted by Crippen LogP contribution is 2.26. The van der Waals surface area contributed by atoms with Crippen LogP contribution in [0, 0.1) is 5.92 Å². The molecule has 1 aliphatic carbocycles. The minimum absolute atomic E-state index is 0.414. The van der Waals surface area contributed by atoms with Gasteiger partial charge in [0.2, 0.25) is 5.91 Å². The Kier molecular flexibility index (Phi) is 7.36. The van der Waals surface area contributed by atoms with E-state index in [1.807, 2.05) is 0 Å². The molecule has 0 aromatic rings. The van der Waals surface area contributed by atoms with Crippen LogP contribution in [0.1, 0.15) is 51.4 Å². The summed E-state index contributed by atoms with van der Waals surface area (Å²) in [5, 5.41) is 1.03. The number of hydrogen-bond donors (Lipinski definition) is 0. The number of carbonyl (C=O) groups excluding carboxylic acids is 1. The summed E-state index contributed by atoms with van der Waals surface area (Å²) in [6.45, 7) is 5.17. The molecule has 1 saturated heterocycles. The van der Waals surface area contributed by atoms with Crippen molar-refractivity contribution in [1.82, 2.24) is 9.80 Å². The minimum Gasteiger partial charge on any atom is -0.341 e. The lowest BCUT2D eigenvalue weighted by atomic mass is 9.96. The Morgan fingerprint density at radius 3 is 2.40 bits per heavy atom. The first kappa shape index (κ1) is 16.3. The summed E-state index contributed by atoms with van der Waals surface area (Å²) < 4.78 is 0. The third kappa shape index (κ3) is 5.36. The van der Waals surface area contributed by atoms with Crippen LogP contribution in [0.5, 0.6) is 0 Å². The standard InChI is InChI=1S/C16H29BrN2O/c17-8-11-18-9-5-10-19(13-12-18)16(20)14-15-6-3-1-2-4-7-15/h15H,1-14H2. The Bertz CT molecular complexity index is 290. The number of amides is 1. The summed E-state index contributed by atoms with van der Waals surface area (Å²) >= 11 is 3.51. The Hall–Kier alpha value is -0.0900. The Morgan fingerprint density at radius 1 is 0.950 bits per heavy atom. The average Bonchev–Trinajstić information content (AvgIpc) is 2.82. The van der Waals surface area contributed by atoms with Crippen LogP contribution in [-0.2, 0) is 4.79 Å². The van der Waals surface area contributed by atoms with E-state index < -0.39 is 0 Å². The molecule has 0 N–H and O–H groups in total. The smallest absolute Gasteiger partial charge is 0.222 e. The van der Waals surface area contributed by atoms with Crippen molar-refractivity contribution in [3.05, 3.63) is 0 Å². The van der Waals surface area contributed by atoms with Gasteiger partial charge in [0.1, 0.15) is 0 Å². The fourth-order valence-corrected chi connectivity index (χ4v) is 4.01. The number of alkyl halides is 1. The van der Waals surface area contributed by atoms with Crippen molar-refractivity contribution < 1.29 is 4.79 Å². The van der Waals surface area contributed by atoms with Gasteiger partial charge in [-0.05, 0) is 31.7 Å². The fourth-order valence-electron chi connectivity index (χ4n) is 3.51. The van der Waals surface area contributed by atoms with E-state index in [0.717, 1.165) is 50.9 Å². The van der Waals surface area contributed by atoms with E-state index >= 15 is 0 Å². The molecule has 20 heavy (non-hydrogen) atoms. The van der Waals surface area contributed by atoms with Crippen LogP contribution >= 0.6 is 15.9 Å². The Labute approximate surface area is 132 Å². The van der Waals surface area contributed by atoms with Gasteiger partial charge in [-0.1, -0.05) is 41.6 Å². The molecule has 0 aromatic heterocycles. The van der Waals surface area contributed by atoms with Crippen LogP contribution in [0.3, 0.4) is 0 Å². The number of rotatable bonds is 4. The monoisotopic (exact) mass is 344 g/mol. The maximum Gasteiger partial charge on any atom is 0.222 e. The highest BCUT2D eigenvalue weighted by atomic mass is 79.9. The Balaban J connectivity index is 1.76. The third-order valence-electron chi connectivity index (χ3n) is 4.78. The summed E-state index contributed by atoms with van der Waals surface area (Å²) in [6, 6.07) is 0. The van der Waals surface area contributed by atoms with Gasteiger partial charge in [0, 0.05) is 37.9 Å². The molecule has 0 aromatic carbocycles. The first-order chi connectivity index (χ1) is 9.79. The summed E-state index contributed by atoms with van der Waals surface area (Å²) in [5.41, 5.74) is 0. The van der Waals surface area contributed by atoms with Crippen LogP contribution in [0.25, 0.3) is 0 Å². The molecule has 116 valence electrons. The number of carbonyl (C=O) groups is 1. The molecule has 0 atom stereocenters. The molecule has 0 bridgehead atoms. The van der Waals surface area contributed by atoms with Crippen molar-refractivity contribution in [3.8, 4) is 0 Å². The fraction of sp³-hybridized carbons (Fsp3) is 0.938. The van der Waals surface area contributed by atoms with Gasteiger partial charge in [0.25, 0.3) is 0 Å². The third-order valence-corrected chi connectivity index (χ3v) is 5.13. The van der Waals surface area contributed by atoms with Gasteiger partial charge in [0.15, 0.2) is 0 Å². The zero-order valence-electron chi connectivity index (χ0n) is 12.7. The van der Waals surface area contributed by atoms with Gasteiger partial charge in [-0.3, -0.25) is 4.79 Å². The summed E-state index contributed by atoms with van der Waals surface area (Å²) in [6.07, 6.45) is 9.88. The van der Waals surface area contributed by atoms with Crippen molar-refractivity contribution in [1.29, 1.82) is 0 Å². The largest absolute Gasteiger partial charge is 0.341 e. The van der Waals surface area contributed by atoms with Crippen LogP contribution in [0.4, 0.5) is 0 Å². The number of halogens is 1. The van der Waals surface area contributed by atoms with Crippen LogP contribution in [0.15, 0.2) is 0 Å². The van der Waals surface area contributed by atoms with E-state index in [1.54, 1.807) is 0 Å².